The molecule has 0 heterocycles. The fourth-order valence-electron chi connectivity index (χ4n) is 0.851. The second kappa shape index (κ2) is 4.81. The maximum absolute atomic E-state index is 11.1. The molecular formula is C8H17N3O2. The van der Waals surface area contributed by atoms with Crippen molar-refractivity contribution in [1.82, 2.24) is 5.32 Å². The number of hydrogen-bond acceptors (Lipinski definition) is 3. The highest BCUT2D eigenvalue weighted by Gasteiger charge is 2.22. The number of amides is 2. The van der Waals surface area contributed by atoms with Crippen molar-refractivity contribution in [2.24, 2.45) is 17.4 Å². The molecule has 5 heteroatoms. The van der Waals surface area contributed by atoms with Crippen LogP contribution in [-0.4, -0.2) is 23.9 Å². The molecule has 13 heavy (non-hydrogen) atoms. The zero-order chi connectivity index (χ0) is 10.6. The molecule has 0 bridgehead atoms. The van der Waals surface area contributed by atoms with E-state index < -0.39 is 18.0 Å². The Morgan fingerprint density at radius 3 is 1.92 bits per heavy atom. The van der Waals surface area contributed by atoms with Crippen LogP contribution in [0.3, 0.4) is 0 Å². The number of hydrogen-bond donors (Lipinski definition) is 3. The van der Waals surface area contributed by atoms with Gasteiger partial charge in [-0.25, -0.2) is 0 Å². The molecule has 0 aliphatic carbocycles. The third kappa shape index (κ3) is 3.89. The predicted molar refractivity (Wildman–Crippen MR) is 49.6 cm³/mol. The van der Waals surface area contributed by atoms with E-state index in [9.17, 15) is 9.59 Å². The molecule has 0 fully saturated rings. The van der Waals surface area contributed by atoms with Gasteiger partial charge < -0.3 is 16.8 Å². The Hall–Kier alpha value is -1.10. The maximum atomic E-state index is 11.1. The number of nitrogens with one attached hydrogen (secondary N) is 1. The van der Waals surface area contributed by atoms with E-state index in [1.165, 1.54) is 0 Å². The van der Waals surface area contributed by atoms with Crippen LogP contribution >= 0.6 is 0 Å². The summed E-state index contributed by atoms with van der Waals surface area (Å²) in [6.45, 7) is 5.15. The first-order valence-electron chi connectivity index (χ1n) is 4.21. The summed E-state index contributed by atoms with van der Waals surface area (Å²) in [6, 6.07) is -1.26. The first-order chi connectivity index (χ1) is 5.86. The zero-order valence-electron chi connectivity index (χ0n) is 8.20. The third-order valence-corrected chi connectivity index (χ3v) is 1.68. The fourth-order valence-corrected chi connectivity index (χ4v) is 0.851. The van der Waals surface area contributed by atoms with Gasteiger partial charge in [-0.3, -0.25) is 9.59 Å². The van der Waals surface area contributed by atoms with E-state index in [1.54, 1.807) is 20.8 Å². The van der Waals surface area contributed by atoms with Gasteiger partial charge in [0.15, 0.2) is 0 Å². The standard InChI is InChI=1S/C8H17N3O2/c1-4(2)6(7(10)12)11-8(13)5(3)9/h4-6H,9H2,1-3H3,(H2,10,12)(H,11,13)/t5?,6-/m0/s1. The number of nitrogens with two attached hydrogens (primary N) is 2. The van der Waals surface area contributed by atoms with Crippen LogP contribution in [0.15, 0.2) is 0 Å². The van der Waals surface area contributed by atoms with E-state index in [-0.39, 0.29) is 11.8 Å². The van der Waals surface area contributed by atoms with Gasteiger partial charge in [0, 0.05) is 0 Å². The SMILES string of the molecule is CC(N)C(=O)N[C@H](C(N)=O)C(C)C. The van der Waals surface area contributed by atoms with Crippen molar-refractivity contribution in [2.45, 2.75) is 32.9 Å². The Morgan fingerprint density at radius 2 is 1.69 bits per heavy atom. The van der Waals surface area contributed by atoms with Crippen LogP contribution in [0.1, 0.15) is 20.8 Å². The highest BCUT2D eigenvalue weighted by atomic mass is 16.2. The quantitative estimate of drug-likeness (QED) is 0.524. The third-order valence-electron chi connectivity index (χ3n) is 1.68. The van der Waals surface area contributed by atoms with Crippen molar-refractivity contribution in [1.29, 1.82) is 0 Å². The molecule has 0 aromatic rings. The molecule has 0 rings (SSSR count). The van der Waals surface area contributed by atoms with Gasteiger partial charge >= 0.3 is 0 Å². The Balaban J connectivity index is 4.27. The van der Waals surface area contributed by atoms with Gasteiger partial charge in [-0.1, -0.05) is 13.8 Å². The van der Waals surface area contributed by atoms with Gasteiger partial charge in [0.25, 0.3) is 0 Å². The second-order valence-electron chi connectivity index (χ2n) is 3.42. The molecule has 2 atom stereocenters. The average Bonchev–Trinajstić information content (AvgIpc) is 1.97. The van der Waals surface area contributed by atoms with Crippen LogP contribution in [0.2, 0.25) is 0 Å². The van der Waals surface area contributed by atoms with Crippen molar-refractivity contribution in [3.63, 3.8) is 0 Å². The highest BCUT2D eigenvalue weighted by molar-refractivity contribution is 5.88. The molecule has 0 aromatic carbocycles. The summed E-state index contributed by atoms with van der Waals surface area (Å²) in [5.74, 6) is -0.929. The Kier molecular flexibility index (Phi) is 4.40. The van der Waals surface area contributed by atoms with E-state index in [1.807, 2.05) is 0 Å². The molecule has 0 saturated carbocycles. The smallest absolute Gasteiger partial charge is 0.240 e. The molecule has 76 valence electrons. The maximum Gasteiger partial charge on any atom is 0.240 e. The van der Waals surface area contributed by atoms with E-state index in [0.717, 1.165) is 0 Å². The highest BCUT2D eigenvalue weighted by Crippen LogP contribution is 2.00. The first kappa shape index (κ1) is 11.9. The van der Waals surface area contributed by atoms with Crippen LogP contribution in [0.5, 0.6) is 0 Å². The second-order valence-corrected chi connectivity index (χ2v) is 3.42. The monoisotopic (exact) mass is 187 g/mol. The molecule has 0 spiro atoms. The largest absolute Gasteiger partial charge is 0.368 e. The zero-order valence-corrected chi connectivity index (χ0v) is 8.20. The molecule has 0 saturated heterocycles. The van der Waals surface area contributed by atoms with Gasteiger partial charge in [-0.2, -0.15) is 0 Å². The Bertz CT molecular complexity index is 202. The lowest BCUT2D eigenvalue weighted by molar-refractivity contribution is -0.128. The van der Waals surface area contributed by atoms with E-state index in [0.29, 0.717) is 0 Å². The molecule has 0 aliphatic heterocycles. The molecule has 2 amide bonds. The summed E-state index contributed by atoms with van der Waals surface area (Å²) in [6.07, 6.45) is 0. The van der Waals surface area contributed by atoms with Crippen molar-refractivity contribution in [3.05, 3.63) is 0 Å². The summed E-state index contributed by atoms with van der Waals surface area (Å²) in [5, 5.41) is 2.48. The number of carbonyl (C=O) groups is 2. The minimum atomic E-state index is -0.640. The lowest BCUT2D eigenvalue weighted by atomic mass is 10.0. The van der Waals surface area contributed by atoms with Crippen molar-refractivity contribution >= 4 is 11.8 Å². The molecule has 0 aromatic heterocycles. The molecular weight excluding hydrogens is 170 g/mol. The van der Waals surface area contributed by atoms with Crippen LogP contribution < -0.4 is 16.8 Å². The van der Waals surface area contributed by atoms with Crippen molar-refractivity contribution in [2.75, 3.05) is 0 Å². The summed E-state index contributed by atoms with van der Waals surface area (Å²) < 4.78 is 0. The molecule has 0 aliphatic rings. The molecule has 5 nitrogen and oxygen atoms in total. The van der Waals surface area contributed by atoms with Crippen LogP contribution in [0.25, 0.3) is 0 Å². The van der Waals surface area contributed by atoms with E-state index in [4.69, 9.17) is 11.5 Å². The summed E-state index contributed by atoms with van der Waals surface area (Å²) >= 11 is 0. The summed E-state index contributed by atoms with van der Waals surface area (Å²) in [4.78, 5) is 22.0. The minimum Gasteiger partial charge on any atom is -0.368 e. The number of primary amides is 1. The average molecular weight is 187 g/mol. The van der Waals surface area contributed by atoms with Gasteiger partial charge in [0.05, 0.1) is 6.04 Å². The van der Waals surface area contributed by atoms with Gasteiger partial charge in [-0.05, 0) is 12.8 Å². The van der Waals surface area contributed by atoms with Crippen molar-refractivity contribution < 1.29 is 9.59 Å². The molecule has 1 unspecified atom stereocenters. The topological polar surface area (TPSA) is 98.2 Å². The van der Waals surface area contributed by atoms with E-state index in [2.05, 4.69) is 5.32 Å². The lowest BCUT2D eigenvalue weighted by Gasteiger charge is -2.19. The van der Waals surface area contributed by atoms with Gasteiger partial charge in [-0.15, -0.1) is 0 Å². The van der Waals surface area contributed by atoms with Gasteiger partial charge in [0.1, 0.15) is 6.04 Å². The van der Waals surface area contributed by atoms with Gasteiger partial charge in [0.2, 0.25) is 11.8 Å². The summed E-state index contributed by atoms with van der Waals surface area (Å²) in [5.41, 5.74) is 10.4. The van der Waals surface area contributed by atoms with Crippen molar-refractivity contribution in [3.8, 4) is 0 Å². The Morgan fingerprint density at radius 1 is 1.23 bits per heavy atom. The normalized spacial score (nSPS) is 15.2. The summed E-state index contributed by atoms with van der Waals surface area (Å²) in [7, 11) is 0. The van der Waals surface area contributed by atoms with Crippen LogP contribution in [0, 0.1) is 5.92 Å². The fraction of sp³-hybridized carbons (Fsp3) is 0.750. The number of rotatable bonds is 4. The lowest BCUT2D eigenvalue weighted by Crippen LogP contribution is -2.51. The van der Waals surface area contributed by atoms with Crippen LogP contribution in [-0.2, 0) is 9.59 Å². The minimum absolute atomic E-state index is 0.0276. The number of carbonyl (C=O) groups excluding carboxylic acids is 2. The van der Waals surface area contributed by atoms with E-state index >= 15 is 0 Å². The Labute approximate surface area is 77.8 Å². The molecule has 5 N–H and O–H groups in total. The first-order valence-corrected chi connectivity index (χ1v) is 4.21. The predicted octanol–water partition coefficient (Wildman–Crippen LogP) is -1.04. The van der Waals surface area contributed by atoms with Crippen LogP contribution in [0.4, 0.5) is 0 Å². The molecule has 0 radical (unpaired) electrons.